The van der Waals surface area contributed by atoms with Gasteiger partial charge in [0.2, 0.25) is 5.91 Å². The summed E-state index contributed by atoms with van der Waals surface area (Å²) in [6.45, 7) is 1.91. The number of methoxy groups -OCH3 is 1. The molecular formula is C12H12NO5S-. The van der Waals surface area contributed by atoms with Crippen molar-refractivity contribution in [1.82, 2.24) is 0 Å². The minimum Gasteiger partial charge on any atom is -0.545 e. The SMILES string of the molecule is CCc1cc(C(=O)OC)c(NC(=O)/C=C/C(=O)[O-])s1. The zero-order valence-corrected chi connectivity index (χ0v) is 11.2. The fourth-order valence-corrected chi connectivity index (χ4v) is 2.26. The Morgan fingerprint density at radius 1 is 1.42 bits per heavy atom. The van der Waals surface area contributed by atoms with E-state index in [0.29, 0.717) is 17.5 Å². The average Bonchev–Trinajstić information content (AvgIpc) is 2.78. The van der Waals surface area contributed by atoms with Crippen LogP contribution >= 0.6 is 11.3 Å². The number of nitrogens with one attached hydrogen (secondary N) is 1. The van der Waals surface area contributed by atoms with Crippen molar-refractivity contribution in [3.8, 4) is 0 Å². The van der Waals surface area contributed by atoms with E-state index in [1.807, 2.05) is 6.92 Å². The molecule has 0 aromatic carbocycles. The topological polar surface area (TPSA) is 95.5 Å². The lowest BCUT2D eigenvalue weighted by Gasteiger charge is -2.02. The number of rotatable bonds is 5. The van der Waals surface area contributed by atoms with Crippen LogP contribution in [0.25, 0.3) is 0 Å². The van der Waals surface area contributed by atoms with Crippen LogP contribution < -0.4 is 10.4 Å². The number of carbonyl (C=O) groups excluding carboxylic acids is 3. The Balaban J connectivity index is 2.93. The third-order valence-electron chi connectivity index (χ3n) is 2.14. The van der Waals surface area contributed by atoms with Gasteiger partial charge in [-0.2, -0.15) is 0 Å². The molecule has 0 spiro atoms. The molecule has 1 aromatic heterocycles. The smallest absolute Gasteiger partial charge is 0.340 e. The summed E-state index contributed by atoms with van der Waals surface area (Å²) in [6.07, 6.45) is 2.14. The highest BCUT2D eigenvalue weighted by atomic mass is 32.1. The number of carbonyl (C=O) groups is 3. The van der Waals surface area contributed by atoms with Gasteiger partial charge in [-0.3, -0.25) is 4.79 Å². The van der Waals surface area contributed by atoms with E-state index in [1.165, 1.54) is 18.4 Å². The molecule has 1 aromatic rings. The van der Waals surface area contributed by atoms with Crippen molar-refractivity contribution in [1.29, 1.82) is 0 Å². The number of hydrogen-bond acceptors (Lipinski definition) is 6. The van der Waals surface area contributed by atoms with Crippen molar-refractivity contribution in [3.63, 3.8) is 0 Å². The number of thiophene rings is 1. The molecule has 0 radical (unpaired) electrons. The van der Waals surface area contributed by atoms with Crippen LogP contribution in [-0.2, 0) is 20.7 Å². The van der Waals surface area contributed by atoms with Gasteiger partial charge in [-0.25, -0.2) is 4.79 Å². The van der Waals surface area contributed by atoms with Crippen molar-refractivity contribution in [3.05, 3.63) is 28.7 Å². The Morgan fingerprint density at radius 2 is 2.11 bits per heavy atom. The van der Waals surface area contributed by atoms with E-state index >= 15 is 0 Å². The van der Waals surface area contributed by atoms with Gasteiger partial charge in [-0.15, -0.1) is 11.3 Å². The van der Waals surface area contributed by atoms with E-state index in [0.717, 1.165) is 11.0 Å². The van der Waals surface area contributed by atoms with Crippen LogP contribution in [0.1, 0.15) is 22.2 Å². The Hall–Kier alpha value is -2.15. The molecule has 6 nitrogen and oxygen atoms in total. The normalized spacial score (nSPS) is 10.4. The summed E-state index contributed by atoms with van der Waals surface area (Å²) in [5, 5.41) is 12.9. The lowest BCUT2D eigenvalue weighted by atomic mass is 10.2. The summed E-state index contributed by atoms with van der Waals surface area (Å²) in [5.41, 5.74) is 0.250. The minimum atomic E-state index is -1.47. The highest BCUT2D eigenvalue weighted by Crippen LogP contribution is 2.29. The van der Waals surface area contributed by atoms with Gasteiger partial charge in [0.05, 0.1) is 18.6 Å². The van der Waals surface area contributed by atoms with Crippen LogP contribution in [0.2, 0.25) is 0 Å². The van der Waals surface area contributed by atoms with E-state index in [-0.39, 0.29) is 5.56 Å². The summed E-state index contributed by atoms with van der Waals surface area (Å²) >= 11 is 1.24. The standard InChI is InChI=1S/C12H13NO5S/c1-3-7-6-8(12(17)18-2)11(19-7)13-9(14)4-5-10(15)16/h4-6H,3H2,1-2H3,(H,13,14)(H,15,16)/p-1/b5-4+. The number of anilines is 1. The molecule has 1 N–H and O–H groups in total. The first-order valence-electron chi connectivity index (χ1n) is 5.39. The van der Waals surface area contributed by atoms with Gasteiger partial charge < -0.3 is 20.0 Å². The second-order valence-corrected chi connectivity index (χ2v) is 4.58. The van der Waals surface area contributed by atoms with Gasteiger partial charge in [-0.05, 0) is 18.6 Å². The van der Waals surface area contributed by atoms with Crippen LogP contribution in [0.3, 0.4) is 0 Å². The molecule has 0 saturated carbocycles. The predicted molar refractivity (Wildman–Crippen MR) is 67.8 cm³/mol. The van der Waals surface area contributed by atoms with E-state index in [4.69, 9.17) is 0 Å². The van der Waals surface area contributed by atoms with Gasteiger partial charge in [0.1, 0.15) is 5.00 Å². The first-order valence-corrected chi connectivity index (χ1v) is 6.20. The number of carboxylic acid groups (broad SMARTS) is 1. The second-order valence-electron chi connectivity index (χ2n) is 3.44. The van der Waals surface area contributed by atoms with Crippen molar-refractivity contribution in [2.24, 2.45) is 0 Å². The minimum absolute atomic E-state index is 0.250. The molecule has 0 aliphatic heterocycles. The fraction of sp³-hybridized carbons (Fsp3) is 0.250. The van der Waals surface area contributed by atoms with Crippen LogP contribution in [0.5, 0.6) is 0 Å². The first kappa shape index (κ1) is 14.9. The highest BCUT2D eigenvalue weighted by Gasteiger charge is 2.17. The fourth-order valence-electron chi connectivity index (χ4n) is 1.27. The highest BCUT2D eigenvalue weighted by molar-refractivity contribution is 7.16. The van der Waals surface area contributed by atoms with Crippen LogP contribution in [0.4, 0.5) is 5.00 Å². The second kappa shape index (κ2) is 6.69. The van der Waals surface area contributed by atoms with Gasteiger partial charge in [-0.1, -0.05) is 6.92 Å². The van der Waals surface area contributed by atoms with Crippen molar-refractivity contribution in [2.75, 3.05) is 12.4 Å². The van der Waals surface area contributed by atoms with Crippen LogP contribution in [0.15, 0.2) is 18.2 Å². The van der Waals surface area contributed by atoms with Gasteiger partial charge in [0.15, 0.2) is 0 Å². The largest absolute Gasteiger partial charge is 0.545 e. The summed E-state index contributed by atoms with van der Waals surface area (Å²) in [6, 6.07) is 1.63. The number of amides is 1. The van der Waals surface area contributed by atoms with E-state index in [9.17, 15) is 19.5 Å². The lowest BCUT2D eigenvalue weighted by molar-refractivity contribution is -0.297. The van der Waals surface area contributed by atoms with E-state index in [2.05, 4.69) is 10.1 Å². The third-order valence-corrected chi connectivity index (χ3v) is 3.34. The Morgan fingerprint density at radius 3 is 2.63 bits per heavy atom. The summed E-state index contributed by atoms with van der Waals surface area (Å²) in [5.74, 6) is -2.68. The molecule has 1 heterocycles. The number of carboxylic acids is 1. The molecule has 19 heavy (non-hydrogen) atoms. The molecular weight excluding hydrogens is 270 g/mol. The molecule has 0 aliphatic carbocycles. The maximum Gasteiger partial charge on any atom is 0.340 e. The average molecular weight is 282 g/mol. The number of esters is 1. The summed E-state index contributed by atoms with van der Waals surface area (Å²) in [4.78, 5) is 34.0. The quantitative estimate of drug-likeness (QED) is 0.620. The lowest BCUT2D eigenvalue weighted by Crippen LogP contribution is -2.20. The molecule has 0 atom stereocenters. The molecule has 0 saturated heterocycles. The van der Waals surface area contributed by atoms with Gasteiger partial charge in [0, 0.05) is 11.0 Å². The number of ether oxygens (including phenoxy) is 1. The summed E-state index contributed by atoms with van der Waals surface area (Å²) < 4.78 is 4.61. The molecule has 1 amide bonds. The van der Waals surface area contributed by atoms with Gasteiger partial charge in [0.25, 0.3) is 0 Å². The number of aryl methyl sites for hydroxylation is 1. The maximum atomic E-state index is 11.5. The van der Waals surface area contributed by atoms with Crippen LogP contribution in [0, 0.1) is 0 Å². The Kier molecular flexibility index (Phi) is 5.25. The molecule has 0 unspecified atom stereocenters. The maximum absolute atomic E-state index is 11.5. The van der Waals surface area contributed by atoms with Crippen LogP contribution in [-0.4, -0.2) is 25.0 Å². The zero-order chi connectivity index (χ0) is 14.4. The molecule has 102 valence electrons. The summed E-state index contributed by atoms with van der Waals surface area (Å²) in [7, 11) is 1.24. The molecule has 0 aliphatic rings. The molecule has 0 fully saturated rings. The Bertz CT molecular complexity index is 532. The first-order chi connectivity index (χ1) is 8.97. The van der Waals surface area contributed by atoms with E-state index < -0.39 is 17.8 Å². The van der Waals surface area contributed by atoms with Gasteiger partial charge >= 0.3 is 5.97 Å². The van der Waals surface area contributed by atoms with Crippen molar-refractivity contribution >= 4 is 34.2 Å². The molecule has 7 heteroatoms. The molecule has 0 bridgehead atoms. The van der Waals surface area contributed by atoms with Crippen molar-refractivity contribution in [2.45, 2.75) is 13.3 Å². The number of aliphatic carboxylic acids is 1. The molecule has 1 rings (SSSR count). The number of hydrogen-bond donors (Lipinski definition) is 1. The predicted octanol–water partition coefficient (Wildman–Crippen LogP) is 0.342. The monoisotopic (exact) mass is 282 g/mol. The third kappa shape index (κ3) is 4.22. The van der Waals surface area contributed by atoms with Crippen molar-refractivity contribution < 1.29 is 24.2 Å². The Labute approximate surface area is 113 Å². The zero-order valence-electron chi connectivity index (χ0n) is 10.4. The van der Waals surface area contributed by atoms with E-state index in [1.54, 1.807) is 6.07 Å².